The summed E-state index contributed by atoms with van der Waals surface area (Å²) in [4.78, 5) is 35.2. The Bertz CT molecular complexity index is 642. The minimum atomic E-state index is -4.32. The van der Waals surface area contributed by atoms with Crippen LogP contribution in [-0.2, 0) is 23.9 Å². The van der Waals surface area contributed by atoms with Gasteiger partial charge in [-0.05, 0) is 57.8 Å². The van der Waals surface area contributed by atoms with Crippen molar-refractivity contribution in [3.05, 3.63) is 0 Å². The summed E-state index contributed by atoms with van der Waals surface area (Å²) in [7, 11) is 0. The molecule has 0 saturated heterocycles. The molecule has 0 aromatic rings. The lowest BCUT2D eigenvalue weighted by Gasteiger charge is -2.60. The van der Waals surface area contributed by atoms with Crippen LogP contribution >= 0.6 is 0 Å². The van der Waals surface area contributed by atoms with Gasteiger partial charge in [-0.2, -0.15) is 8.78 Å². The molecule has 8 heteroatoms. The third-order valence-electron chi connectivity index (χ3n) is 6.16. The Morgan fingerprint density at radius 2 is 1.62 bits per heavy atom. The van der Waals surface area contributed by atoms with Crippen LogP contribution in [0.1, 0.15) is 59.3 Å². The fourth-order valence-electron chi connectivity index (χ4n) is 5.49. The molecule has 0 N–H and O–H groups in total. The van der Waals surface area contributed by atoms with Gasteiger partial charge in [-0.3, -0.25) is 9.59 Å². The number of aliphatic carboxylic acids is 1. The monoisotopic (exact) mass is 373 g/mol. The van der Waals surface area contributed by atoms with E-state index in [0.717, 1.165) is 20.3 Å². The summed E-state index contributed by atoms with van der Waals surface area (Å²) < 4.78 is 38.4. The van der Waals surface area contributed by atoms with E-state index >= 15 is 0 Å². The van der Waals surface area contributed by atoms with Crippen LogP contribution in [0.15, 0.2) is 0 Å². The van der Waals surface area contributed by atoms with E-state index in [1.807, 2.05) is 0 Å². The molecule has 4 saturated carbocycles. The largest absolute Gasteiger partial charge is 0.544 e. The summed E-state index contributed by atoms with van der Waals surface area (Å²) >= 11 is 0. The molecule has 4 fully saturated rings. The Morgan fingerprint density at radius 1 is 1.08 bits per heavy atom. The van der Waals surface area contributed by atoms with E-state index in [1.54, 1.807) is 0 Å². The van der Waals surface area contributed by atoms with E-state index < -0.39 is 40.4 Å². The van der Waals surface area contributed by atoms with Gasteiger partial charge in [-0.15, -0.1) is 0 Å². The molecule has 0 aromatic heterocycles. The highest BCUT2D eigenvalue weighted by atomic mass is 19.3. The van der Waals surface area contributed by atoms with Gasteiger partial charge in [-0.25, -0.2) is 0 Å². The number of carbonyl (C=O) groups is 3. The van der Waals surface area contributed by atoms with Crippen molar-refractivity contribution in [2.75, 3.05) is 0 Å². The third kappa shape index (κ3) is 2.87. The van der Waals surface area contributed by atoms with Crippen LogP contribution in [0.4, 0.5) is 8.78 Å². The maximum Gasteiger partial charge on any atom is 0.325 e. The number of halogens is 2. The number of hydrogen-bond acceptors (Lipinski definition) is 6. The molecule has 0 aromatic carbocycles. The Hall–Kier alpha value is -1.73. The Balaban J connectivity index is 1.85. The van der Waals surface area contributed by atoms with E-state index in [2.05, 4.69) is 0 Å². The van der Waals surface area contributed by atoms with E-state index in [1.165, 1.54) is 6.92 Å². The maximum atomic E-state index is 13.9. The number of rotatable bonds is 5. The predicted molar refractivity (Wildman–Crippen MR) is 81.7 cm³/mol. The van der Waals surface area contributed by atoms with Gasteiger partial charge in [0.15, 0.2) is 5.60 Å². The zero-order chi connectivity index (χ0) is 19.5. The minimum Gasteiger partial charge on any atom is -0.544 e. The highest BCUT2D eigenvalue weighted by Crippen LogP contribution is 2.63. The molecule has 146 valence electrons. The van der Waals surface area contributed by atoms with Crippen molar-refractivity contribution in [1.29, 1.82) is 0 Å². The number of alkyl halides is 2. The average Bonchev–Trinajstić information content (AvgIpc) is 2.43. The highest BCUT2D eigenvalue weighted by Gasteiger charge is 2.64. The molecule has 26 heavy (non-hydrogen) atoms. The molecule has 0 amide bonds. The first-order chi connectivity index (χ1) is 11.8. The number of carbonyl (C=O) groups excluding carboxylic acids is 3. The van der Waals surface area contributed by atoms with Gasteiger partial charge in [0.05, 0.1) is 5.41 Å². The average molecular weight is 373 g/mol. The number of carboxylic acids is 1. The number of esters is 2. The second-order valence-corrected chi connectivity index (χ2v) is 8.78. The molecule has 0 heterocycles. The number of hydrogen-bond donors (Lipinski definition) is 0. The van der Waals surface area contributed by atoms with Crippen molar-refractivity contribution in [2.45, 2.75) is 76.4 Å². The normalized spacial score (nSPS) is 35.9. The molecule has 2 unspecified atom stereocenters. The molecule has 4 aliphatic rings. The minimum absolute atomic E-state index is 0.160. The van der Waals surface area contributed by atoms with Crippen molar-refractivity contribution in [1.82, 2.24) is 0 Å². The smallest absolute Gasteiger partial charge is 0.325 e. The van der Waals surface area contributed by atoms with Crippen molar-refractivity contribution in [2.24, 2.45) is 17.3 Å². The SMILES string of the molecule is CC(=O)OC12CC3CC(C1)CC(C(=O)OC(C)(C)C(F)(F)C(=O)[O-])(C3)C2. The van der Waals surface area contributed by atoms with Crippen molar-refractivity contribution < 1.29 is 37.7 Å². The molecule has 0 aliphatic heterocycles. The van der Waals surface area contributed by atoms with Crippen LogP contribution in [0.5, 0.6) is 0 Å². The van der Waals surface area contributed by atoms with Crippen LogP contribution in [0.3, 0.4) is 0 Å². The molecule has 0 spiro atoms. The zero-order valence-electron chi connectivity index (χ0n) is 15.1. The second-order valence-electron chi connectivity index (χ2n) is 8.78. The molecule has 4 bridgehead atoms. The Morgan fingerprint density at radius 3 is 2.08 bits per heavy atom. The second kappa shape index (κ2) is 5.63. The number of ether oxygens (including phenoxy) is 2. The highest BCUT2D eigenvalue weighted by molar-refractivity contribution is 5.80. The van der Waals surface area contributed by atoms with E-state index in [9.17, 15) is 28.3 Å². The Kier molecular flexibility index (Phi) is 4.12. The van der Waals surface area contributed by atoms with E-state index in [-0.39, 0.29) is 18.3 Å². The third-order valence-corrected chi connectivity index (χ3v) is 6.16. The van der Waals surface area contributed by atoms with Crippen LogP contribution in [0.2, 0.25) is 0 Å². The molecule has 6 nitrogen and oxygen atoms in total. The first kappa shape index (κ1) is 19.0. The van der Waals surface area contributed by atoms with Gasteiger partial charge in [0.1, 0.15) is 11.6 Å². The van der Waals surface area contributed by atoms with E-state index in [0.29, 0.717) is 25.7 Å². The van der Waals surface area contributed by atoms with E-state index in [4.69, 9.17) is 9.47 Å². The van der Waals surface area contributed by atoms with Crippen LogP contribution in [-0.4, -0.2) is 35.0 Å². The first-order valence-electron chi connectivity index (χ1n) is 8.83. The molecule has 4 rings (SSSR count). The fraction of sp³-hybridized carbons (Fsp3) is 0.833. The lowest BCUT2D eigenvalue weighted by Crippen LogP contribution is -2.62. The summed E-state index contributed by atoms with van der Waals surface area (Å²) in [5.41, 5.74) is -4.31. The van der Waals surface area contributed by atoms with Gasteiger partial charge >= 0.3 is 17.9 Å². The molecular formula is C18H23F2O6-. The summed E-state index contributed by atoms with van der Waals surface area (Å²) in [6.45, 7) is 3.04. The zero-order valence-corrected chi connectivity index (χ0v) is 15.1. The number of carboxylic acid groups (broad SMARTS) is 1. The first-order valence-corrected chi connectivity index (χ1v) is 8.83. The quantitative estimate of drug-likeness (QED) is 0.680. The topological polar surface area (TPSA) is 92.7 Å². The van der Waals surface area contributed by atoms with Crippen LogP contribution in [0, 0.1) is 17.3 Å². The summed E-state index contributed by atoms with van der Waals surface area (Å²) in [5.74, 6) is -7.86. The molecular weight excluding hydrogens is 350 g/mol. The van der Waals surface area contributed by atoms with Crippen molar-refractivity contribution in [3.63, 3.8) is 0 Å². The van der Waals surface area contributed by atoms with Crippen molar-refractivity contribution >= 4 is 17.9 Å². The lowest BCUT2D eigenvalue weighted by molar-refractivity contribution is -0.343. The van der Waals surface area contributed by atoms with Crippen LogP contribution in [0.25, 0.3) is 0 Å². The summed E-state index contributed by atoms with van der Waals surface area (Å²) in [6.07, 6.45) is 3.44. The molecule has 0 radical (unpaired) electrons. The summed E-state index contributed by atoms with van der Waals surface area (Å²) in [6, 6.07) is 0. The van der Waals surface area contributed by atoms with Gasteiger partial charge in [0.25, 0.3) is 0 Å². The standard InChI is InChI=1S/C18H24F2O6/c1-10(21)25-17-7-11-4-12(8-17)6-16(5-11,9-17)14(24)26-15(2,3)18(19,20)13(22)23/h11-12H,4-9H2,1-3H3,(H,22,23)/p-1. The maximum absolute atomic E-state index is 13.9. The van der Waals surface area contributed by atoms with Gasteiger partial charge in [0, 0.05) is 13.3 Å². The van der Waals surface area contributed by atoms with Gasteiger partial charge < -0.3 is 19.4 Å². The van der Waals surface area contributed by atoms with Crippen molar-refractivity contribution in [3.8, 4) is 0 Å². The lowest BCUT2D eigenvalue weighted by atomic mass is 9.48. The fourth-order valence-corrected chi connectivity index (χ4v) is 5.49. The van der Waals surface area contributed by atoms with Gasteiger partial charge in [-0.1, -0.05) is 0 Å². The predicted octanol–water partition coefficient (Wildman–Crippen LogP) is 1.60. The van der Waals surface area contributed by atoms with Crippen LogP contribution < -0.4 is 5.11 Å². The summed E-state index contributed by atoms with van der Waals surface area (Å²) in [5, 5.41) is 10.8. The Labute approximate surface area is 150 Å². The van der Waals surface area contributed by atoms with Gasteiger partial charge in [0.2, 0.25) is 0 Å². The molecule has 4 aliphatic carbocycles. The molecule has 2 atom stereocenters.